The third-order valence-electron chi connectivity index (χ3n) is 4.58. The molecule has 0 bridgehead atoms. The molecule has 0 N–H and O–H groups in total. The number of benzene rings is 2. The molecule has 3 aromatic rings. The average molecular weight is 379 g/mol. The minimum Gasteiger partial charge on any atom is -0.544 e. The Hall–Kier alpha value is -2.73. The van der Waals surface area contributed by atoms with Crippen LogP contribution in [0, 0.1) is 0 Å². The van der Waals surface area contributed by atoms with Crippen LogP contribution in [-0.2, 0) is 4.79 Å². The van der Waals surface area contributed by atoms with Crippen molar-refractivity contribution in [3.8, 4) is 0 Å². The Morgan fingerprint density at radius 3 is 2.52 bits per heavy atom. The summed E-state index contributed by atoms with van der Waals surface area (Å²) < 4.78 is 5.60. The summed E-state index contributed by atoms with van der Waals surface area (Å²) in [6, 6.07) is 15.3. The van der Waals surface area contributed by atoms with Crippen molar-refractivity contribution >= 4 is 40.6 Å². The van der Waals surface area contributed by atoms with Crippen LogP contribution in [0.3, 0.4) is 0 Å². The Bertz CT molecular complexity index is 940. The van der Waals surface area contributed by atoms with Crippen molar-refractivity contribution in [3.05, 3.63) is 59.0 Å². The van der Waals surface area contributed by atoms with E-state index in [1.54, 1.807) is 12.1 Å². The van der Waals surface area contributed by atoms with Crippen LogP contribution in [-0.4, -0.2) is 24.0 Å². The standard InChI is InChI=1S/C21H20N2O3S/c24-20(25)19(27-21-22-17-6-2-3-7-18(17)26-21)14-15-8-10-16(11-9-15)23-12-4-1-5-13-23/h2-3,6-11,14H,1,4-5,12-13H2,(H,24,25)/p-1/b19-14+. The lowest BCUT2D eigenvalue weighted by Crippen LogP contribution is -2.29. The number of hydrogen-bond acceptors (Lipinski definition) is 6. The smallest absolute Gasteiger partial charge is 0.261 e. The maximum Gasteiger partial charge on any atom is 0.261 e. The highest BCUT2D eigenvalue weighted by molar-refractivity contribution is 8.03. The fraction of sp³-hybridized carbons (Fsp3) is 0.238. The third kappa shape index (κ3) is 4.17. The van der Waals surface area contributed by atoms with Crippen molar-refractivity contribution in [1.29, 1.82) is 0 Å². The van der Waals surface area contributed by atoms with Gasteiger partial charge in [0.15, 0.2) is 5.58 Å². The van der Waals surface area contributed by atoms with E-state index in [1.807, 2.05) is 42.5 Å². The van der Waals surface area contributed by atoms with Crippen LogP contribution in [0.2, 0.25) is 0 Å². The molecule has 27 heavy (non-hydrogen) atoms. The summed E-state index contributed by atoms with van der Waals surface area (Å²) in [5, 5.41) is 11.8. The number of carbonyl (C=O) groups excluding carboxylic acids is 1. The van der Waals surface area contributed by atoms with Gasteiger partial charge in [0, 0.05) is 23.7 Å². The molecule has 0 saturated carbocycles. The molecular formula is C21H19N2O3S-. The molecule has 1 saturated heterocycles. The van der Waals surface area contributed by atoms with E-state index < -0.39 is 5.97 Å². The monoisotopic (exact) mass is 379 g/mol. The van der Waals surface area contributed by atoms with E-state index in [0.717, 1.165) is 30.4 Å². The SMILES string of the molecule is O=C([O-])/C(=C\c1ccc(N2CCCCC2)cc1)Sc1nc2ccccc2o1. The van der Waals surface area contributed by atoms with E-state index in [2.05, 4.69) is 9.88 Å². The van der Waals surface area contributed by atoms with Crippen LogP contribution >= 0.6 is 11.8 Å². The van der Waals surface area contributed by atoms with Crippen molar-refractivity contribution in [2.45, 2.75) is 24.5 Å². The lowest BCUT2D eigenvalue weighted by Gasteiger charge is -2.28. The van der Waals surface area contributed by atoms with Gasteiger partial charge in [-0.1, -0.05) is 24.3 Å². The molecule has 1 aliphatic heterocycles. The van der Waals surface area contributed by atoms with Crippen molar-refractivity contribution in [3.63, 3.8) is 0 Å². The van der Waals surface area contributed by atoms with Gasteiger partial charge in [0.05, 0.1) is 5.97 Å². The summed E-state index contributed by atoms with van der Waals surface area (Å²) in [6.07, 6.45) is 5.32. The first-order valence-corrected chi connectivity index (χ1v) is 9.82. The number of carboxylic acids is 1. The third-order valence-corrected chi connectivity index (χ3v) is 5.44. The Morgan fingerprint density at radius 2 is 1.81 bits per heavy atom. The molecule has 0 atom stereocenters. The van der Waals surface area contributed by atoms with Crippen molar-refractivity contribution in [2.75, 3.05) is 18.0 Å². The first kappa shape index (κ1) is 17.7. The summed E-state index contributed by atoms with van der Waals surface area (Å²) in [5.41, 5.74) is 3.30. The van der Waals surface area contributed by atoms with Crippen LogP contribution < -0.4 is 10.0 Å². The van der Waals surface area contributed by atoms with E-state index in [-0.39, 0.29) is 10.1 Å². The zero-order valence-electron chi connectivity index (χ0n) is 14.8. The Kier molecular flexibility index (Phi) is 5.16. The highest BCUT2D eigenvalue weighted by Crippen LogP contribution is 2.30. The molecule has 4 rings (SSSR count). The van der Waals surface area contributed by atoms with Gasteiger partial charge in [-0.05, 0) is 66.9 Å². The van der Waals surface area contributed by atoms with Crippen molar-refractivity contribution in [1.82, 2.24) is 4.98 Å². The molecule has 0 spiro atoms. The molecule has 2 heterocycles. The molecule has 6 heteroatoms. The Labute approximate surface area is 161 Å². The van der Waals surface area contributed by atoms with E-state index >= 15 is 0 Å². The van der Waals surface area contributed by atoms with Crippen LogP contribution in [0.5, 0.6) is 0 Å². The number of para-hydroxylation sites is 2. The van der Waals surface area contributed by atoms with E-state index in [9.17, 15) is 9.90 Å². The fourth-order valence-corrected chi connectivity index (χ4v) is 3.95. The first-order chi connectivity index (χ1) is 13.2. The van der Waals surface area contributed by atoms with Crippen LogP contribution in [0.1, 0.15) is 24.8 Å². The quantitative estimate of drug-likeness (QED) is 0.497. The number of fused-ring (bicyclic) bond motifs is 1. The highest BCUT2D eigenvalue weighted by atomic mass is 32.2. The molecule has 0 aliphatic carbocycles. The maximum absolute atomic E-state index is 11.6. The number of rotatable bonds is 5. The predicted molar refractivity (Wildman–Crippen MR) is 105 cm³/mol. The number of aliphatic carboxylic acids is 1. The number of piperidine rings is 1. The summed E-state index contributed by atoms with van der Waals surface area (Å²) in [7, 11) is 0. The van der Waals surface area contributed by atoms with E-state index in [4.69, 9.17) is 4.42 Å². The minimum absolute atomic E-state index is 0.0623. The summed E-state index contributed by atoms with van der Waals surface area (Å²) in [6.45, 7) is 2.15. The Balaban J connectivity index is 1.54. The number of hydrogen-bond donors (Lipinski definition) is 0. The minimum atomic E-state index is -1.25. The normalized spacial score (nSPS) is 15.3. The van der Waals surface area contributed by atoms with Crippen molar-refractivity contribution in [2.24, 2.45) is 0 Å². The second-order valence-corrected chi connectivity index (χ2v) is 7.48. The molecule has 0 radical (unpaired) electrons. The number of carbonyl (C=O) groups is 1. The second-order valence-electron chi connectivity index (χ2n) is 6.48. The number of nitrogens with zero attached hydrogens (tertiary/aromatic N) is 2. The van der Waals surface area contributed by atoms with Gasteiger partial charge in [-0.3, -0.25) is 0 Å². The molecule has 5 nitrogen and oxygen atoms in total. The number of aromatic nitrogens is 1. The molecule has 138 valence electrons. The van der Waals surface area contributed by atoms with Gasteiger partial charge in [0.1, 0.15) is 5.52 Å². The summed E-state index contributed by atoms with van der Waals surface area (Å²) in [4.78, 5) is 18.3. The van der Waals surface area contributed by atoms with E-state index in [0.29, 0.717) is 11.1 Å². The first-order valence-electron chi connectivity index (χ1n) is 9.00. The van der Waals surface area contributed by atoms with Gasteiger partial charge in [-0.15, -0.1) is 0 Å². The van der Waals surface area contributed by atoms with Crippen molar-refractivity contribution < 1.29 is 14.3 Å². The zero-order chi connectivity index (χ0) is 18.6. The topological polar surface area (TPSA) is 69.4 Å². The van der Waals surface area contributed by atoms with Crippen LogP contribution in [0.15, 0.2) is 63.1 Å². The summed E-state index contributed by atoms with van der Waals surface area (Å²) >= 11 is 0.961. The second kappa shape index (κ2) is 7.88. The number of anilines is 1. The molecular weight excluding hydrogens is 360 g/mol. The zero-order valence-corrected chi connectivity index (χ0v) is 15.6. The summed E-state index contributed by atoms with van der Waals surface area (Å²) in [5.74, 6) is -1.25. The average Bonchev–Trinajstić information content (AvgIpc) is 3.11. The van der Waals surface area contributed by atoms with E-state index in [1.165, 1.54) is 24.9 Å². The molecule has 1 aromatic heterocycles. The molecule has 0 unspecified atom stereocenters. The maximum atomic E-state index is 11.6. The predicted octanol–water partition coefficient (Wildman–Crippen LogP) is 3.70. The van der Waals surface area contributed by atoms with Crippen LogP contribution in [0.25, 0.3) is 17.2 Å². The van der Waals surface area contributed by atoms with Crippen LogP contribution in [0.4, 0.5) is 5.69 Å². The molecule has 0 amide bonds. The molecule has 2 aromatic carbocycles. The largest absolute Gasteiger partial charge is 0.544 e. The van der Waals surface area contributed by atoms with Gasteiger partial charge in [-0.25, -0.2) is 4.98 Å². The van der Waals surface area contributed by atoms with Gasteiger partial charge >= 0.3 is 0 Å². The molecule has 1 fully saturated rings. The number of carboxylic acid groups (broad SMARTS) is 1. The Morgan fingerprint density at radius 1 is 1.07 bits per heavy atom. The number of oxazole rings is 1. The lowest BCUT2D eigenvalue weighted by molar-refractivity contribution is -0.298. The van der Waals surface area contributed by atoms with Gasteiger partial charge in [0.25, 0.3) is 5.22 Å². The highest BCUT2D eigenvalue weighted by Gasteiger charge is 2.12. The van der Waals surface area contributed by atoms with Gasteiger partial charge in [-0.2, -0.15) is 0 Å². The molecule has 1 aliphatic rings. The fourth-order valence-electron chi connectivity index (χ4n) is 3.20. The van der Waals surface area contributed by atoms with Gasteiger partial charge < -0.3 is 19.2 Å². The lowest BCUT2D eigenvalue weighted by atomic mass is 10.1. The van der Waals surface area contributed by atoms with Gasteiger partial charge in [0.2, 0.25) is 0 Å². The number of thioether (sulfide) groups is 1.